The van der Waals surface area contributed by atoms with Crippen LogP contribution in [0.15, 0.2) is 36.4 Å². The molecule has 0 heterocycles. The van der Waals surface area contributed by atoms with Crippen LogP contribution in [-0.4, -0.2) is 11.0 Å². The smallest absolute Gasteiger partial charge is 0.257 e. The molecule has 0 aliphatic heterocycles. The number of amides is 1. The second-order valence-electron chi connectivity index (χ2n) is 4.06. The third-order valence-corrected chi connectivity index (χ3v) is 3.45. The number of halogens is 2. The first-order valence-corrected chi connectivity index (χ1v) is 6.29. The number of nitrogens with one attached hydrogen (secondary N) is 1. The van der Waals surface area contributed by atoms with Crippen molar-refractivity contribution in [1.29, 1.82) is 0 Å². The molecule has 0 fully saturated rings. The van der Waals surface area contributed by atoms with E-state index in [4.69, 9.17) is 23.2 Å². The Morgan fingerprint density at radius 1 is 1.21 bits per heavy atom. The number of hydrogen-bond acceptors (Lipinski definition) is 2. The maximum Gasteiger partial charge on any atom is 0.257 e. The Kier molecular flexibility index (Phi) is 3.98. The lowest BCUT2D eigenvalue weighted by molar-refractivity contribution is 0.102. The minimum atomic E-state index is -0.324. The van der Waals surface area contributed by atoms with Gasteiger partial charge in [0, 0.05) is 5.69 Å². The van der Waals surface area contributed by atoms with E-state index in [0.717, 1.165) is 5.56 Å². The third-order valence-electron chi connectivity index (χ3n) is 2.64. The van der Waals surface area contributed by atoms with E-state index < -0.39 is 0 Å². The van der Waals surface area contributed by atoms with Gasteiger partial charge in [-0.25, -0.2) is 0 Å². The van der Waals surface area contributed by atoms with Crippen LogP contribution in [0, 0.1) is 6.92 Å². The zero-order chi connectivity index (χ0) is 14.0. The number of hydrogen-bond donors (Lipinski definition) is 2. The molecule has 0 atom stereocenters. The van der Waals surface area contributed by atoms with Crippen LogP contribution >= 0.6 is 23.2 Å². The van der Waals surface area contributed by atoms with Crippen LogP contribution in [0.25, 0.3) is 0 Å². The summed E-state index contributed by atoms with van der Waals surface area (Å²) in [7, 11) is 0. The van der Waals surface area contributed by atoms with Crippen molar-refractivity contribution >= 4 is 34.8 Å². The molecule has 19 heavy (non-hydrogen) atoms. The molecule has 2 aromatic carbocycles. The maximum atomic E-state index is 12.1. The molecule has 2 N–H and O–H groups in total. The molecule has 0 aromatic heterocycles. The lowest BCUT2D eigenvalue weighted by atomic mass is 10.1. The van der Waals surface area contributed by atoms with Gasteiger partial charge in [0.15, 0.2) is 0 Å². The summed E-state index contributed by atoms with van der Waals surface area (Å²) in [6.07, 6.45) is 0. The van der Waals surface area contributed by atoms with E-state index in [-0.39, 0.29) is 16.7 Å². The second-order valence-corrected chi connectivity index (χ2v) is 4.84. The largest absolute Gasteiger partial charge is 0.506 e. The van der Waals surface area contributed by atoms with Crippen LogP contribution in [-0.2, 0) is 0 Å². The molecule has 0 unspecified atom stereocenters. The highest BCUT2D eigenvalue weighted by Crippen LogP contribution is 2.27. The number of carbonyl (C=O) groups is 1. The summed E-state index contributed by atoms with van der Waals surface area (Å²) in [5, 5.41) is 12.6. The van der Waals surface area contributed by atoms with E-state index in [1.54, 1.807) is 18.2 Å². The molecule has 98 valence electrons. The minimum absolute atomic E-state index is 0.0340. The molecule has 0 radical (unpaired) electrons. The van der Waals surface area contributed by atoms with Crippen LogP contribution in [0.5, 0.6) is 5.75 Å². The van der Waals surface area contributed by atoms with Crippen molar-refractivity contribution in [3.8, 4) is 5.75 Å². The number of carbonyl (C=O) groups excluding carboxylic acids is 1. The van der Waals surface area contributed by atoms with Crippen molar-refractivity contribution in [2.75, 3.05) is 5.32 Å². The SMILES string of the molecule is Cc1cccc(C(=O)Nc2ccc(O)c(Cl)c2)c1Cl. The van der Waals surface area contributed by atoms with Gasteiger partial charge in [-0.05, 0) is 36.8 Å². The number of benzene rings is 2. The van der Waals surface area contributed by atoms with Crippen LogP contribution in [0.1, 0.15) is 15.9 Å². The molecule has 3 nitrogen and oxygen atoms in total. The zero-order valence-corrected chi connectivity index (χ0v) is 11.6. The van der Waals surface area contributed by atoms with Gasteiger partial charge < -0.3 is 10.4 Å². The normalized spacial score (nSPS) is 10.3. The number of aromatic hydroxyl groups is 1. The molecule has 2 rings (SSSR count). The van der Waals surface area contributed by atoms with Gasteiger partial charge in [0.25, 0.3) is 5.91 Å². The second kappa shape index (κ2) is 5.51. The van der Waals surface area contributed by atoms with Gasteiger partial charge in [0.05, 0.1) is 15.6 Å². The van der Waals surface area contributed by atoms with Crippen molar-refractivity contribution in [2.24, 2.45) is 0 Å². The van der Waals surface area contributed by atoms with E-state index in [1.807, 2.05) is 13.0 Å². The first kappa shape index (κ1) is 13.7. The summed E-state index contributed by atoms with van der Waals surface area (Å²) in [6, 6.07) is 9.68. The Hall–Kier alpha value is -1.71. The number of phenols is 1. The average Bonchev–Trinajstić information content (AvgIpc) is 2.37. The monoisotopic (exact) mass is 295 g/mol. The highest BCUT2D eigenvalue weighted by Gasteiger charge is 2.12. The molecular formula is C14H11Cl2NO2. The van der Waals surface area contributed by atoms with Crippen molar-refractivity contribution in [3.05, 3.63) is 57.6 Å². The van der Waals surface area contributed by atoms with Crippen LogP contribution in [0.4, 0.5) is 5.69 Å². The molecule has 0 aliphatic rings. The molecule has 0 bridgehead atoms. The molecule has 0 aliphatic carbocycles. The van der Waals surface area contributed by atoms with Crippen molar-refractivity contribution < 1.29 is 9.90 Å². The van der Waals surface area contributed by atoms with Gasteiger partial charge >= 0.3 is 0 Å². The summed E-state index contributed by atoms with van der Waals surface area (Å²) < 4.78 is 0. The minimum Gasteiger partial charge on any atom is -0.506 e. The lowest BCUT2D eigenvalue weighted by Crippen LogP contribution is -2.12. The fraction of sp³-hybridized carbons (Fsp3) is 0.0714. The Morgan fingerprint density at radius 2 is 1.95 bits per heavy atom. The first-order valence-electron chi connectivity index (χ1n) is 5.54. The van der Waals surface area contributed by atoms with Crippen LogP contribution < -0.4 is 5.32 Å². The van der Waals surface area contributed by atoms with E-state index in [2.05, 4.69) is 5.32 Å². The number of rotatable bonds is 2. The summed E-state index contributed by atoms with van der Waals surface area (Å²) in [4.78, 5) is 12.1. The zero-order valence-electron chi connectivity index (χ0n) is 10.1. The van der Waals surface area contributed by atoms with Gasteiger partial charge in [0.1, 0.15) is 5.75 Å². The Morgan fingerprint density at radius 3 is 2.63 bits per heavy atom. The highest BCUT2D eigenvalue weighted by molar-refractivity contribution is 6.35. The number of anilines is 1. The predicted molar refractivity (Wildman–Crippen MR) is 77.3 cm³/mol. The van der Waals surface area contributed by atoms with Gasteiger partial charge in [-0.1, -0.05) is 35.3 Å². The maximum absolute atomic E-state index is 12.1. The van der Waals surface area contributed by atoms with Crippen molar-refractivity contribution in [3.63, 3.8) is 0 Å². The molecule has 1 amide bonds. The molecule has 0 spiro atoms. The summed E-state index contributed by atoms with van der Waals surface area (Å²) in [6.45, 7) is 1.83. The van der Waals surface area contributed by atoms with Gasteiger partial charge in [-0.2, -0.15) is 0 Å². The van der Waals surface area contributed by atoms with E-state index >= 15 is 0 Å². The first-order chi connectivity index (χ1) is 8.99. The number of aryl methyl sites for hydroxylation is 1. The summed E-state index contributed by atoms with van der Waals surface area (Å²) in [5.41, 5.74) is 1.72. The van der Waals surface area contributed by atoms with E-state index in [0.29, 0.717) is 16.3 Å². The Balaban J connectivity index is 2.26. The van der Waals surface area contributed by atoms with Gasteiger partial charge in [0.2, 0.25) is 0 Å². The van der Waals surface area contributed by atoms with Crippen molar-refractivity contribution in [2.45, 2.75) is 6.92 Å². The topological polar surface area (TPSA) is 49.3 Å². The summed E-state index contributed by atoms with van der Waals surface area (Å²) in [5.74, 6) is -0.358. The fourth-order valence-corrected chi connectivity index (χ4v) is 2.00. The number of phenolic OH excluding ortho intramolecular Hbond substituents is 1. The van der Waals surface area contributed by atoms with Crippen LogP contribution in [0.2, 0.25) is 10.0 Å². The standard InChI is InChI=1S/C14H11Cl2NO2/c1-8-3-2-4-10(13(8)16)14(19)17-9-5-6-12(18)11(15)7-9/h2-7,18H,1H3,(H,17,19). The fourth-order valence-electron chi connectivity index (χ4n) is 1.61. The predicted octanol–water partition coefficient (Wildman–Crippen LogP) is 4.26. The Bertz CT molecular complexity index is 641. The summed E-state index contributed by atoms with van der Waals surface area (Å²) >= 11 is 11.9. The van der Waals surface area contributed by atoms with E-state index in [1.165, 1.54) is 12.1 Å². The van der Waals surface area contributed by atoms with Crippen LogP contribution in [0.3, 0.4) is 0 Å². The third kappa shape index (κ3) is 3.00. The molecule has 5 heteroatoms. The Labute approximate surface area is 120 Å². The average molecular weight is 296 g/mol. The van der Waals surface area contributed by atoms with Gasteiger partial charge in [-0.3, -0.25) is 4.79 Å². The lowest BCUT2D eigenvalue weighted by Gasteiger charge is -2.09. The highest BCUT2D eigenvalue weighted by atomic mass is 35.5. The molecular weight excluding hydrogens is 285 g/mol. The molecule has 0 saturated heterocycles. The molecule has 2 aromatic rings. The molecule has 0 saturated carbocycles. The van der Waals surface area contributed by atoms with E-state index in [9.17, 15) is 9.90 Å². The van der Waals surface area contributed by atoms with Crippen molar-refractivity contribution in [1.82, 2.24) is 0 Å². The van der Waals surface area contributed by atoms with Gasteiger partial charge in [-0.15, -0.1) is 0 Å². The quantitative estimate of drug-likeness (QED) is 0.813.